The van der Waals surface area contributed by atoms with Gasteiger partial charge in [0.25, 0.3) is 0 Å². The Morgan fingerprint density at radius 2 is 2.14 bits per heavy atom. The number of nitrogens with one attached hydrogen (secondary N) is 1. The second-order valence-corrected chi connectivity index (χ2v) is 3.51. The van der Waals surface area contributed by atoms with Gasteiger partial charge >= 0.3 is 0 Å². The topological polar surface area (TPSA) is 65.7 Å². The highest BCUT2D eigenvalue weighted by atomic mass is 16.7. The Morgan fingerprint density at radius 1 is 1.43 bits per heavy atom. The van der Waals surface area contributed by atoms with E-state index in [1.54, 1.807) is 14.2 Å². The zero-order valence-corrected chi connectivity index (χ0v) is 8.86. The normalized spacial score (nSPS) is 25.3. The summed E-state index contributed by atoms with van der Waals surface area (Å²) in [5, 5.41) is 0. The molecule has 0 radical (unpaired) electrons. The highest BCUT2D eigenvalue weighted by Crippen LogP contribution is 2.20. The molecule has 1 aliphatic heterocycles. The lowest BCUT2D eigenvalue weighted by molar-refractivity contribution is -0.142. The van der Waals surface area contributed by atoms with Gasteiger partial charge in [-0.1, -0.05) is 0 Å². The highest BCUT2D eigenvalue weighted by Gasteiger charge is 2.30. The van der Waals surface area contributed by atoms with Gasteiger partial charge in [-0.05, 0) is 12.8 Å². The fourth-order valence-electron chi connectivity index (χ4n) is 1.88. The van der Waals surface area contributed by atoms with E-state index in [1.165, 1.54) is 0 Å². The number of hydrogen-bond donors (Lipinski definition) is 2. The van der Waals surface area contributed by atoms with Crippen molar-refractivity contribution < 1.29 is 14.2 Å². The zero-order chi connectivity index (χ0) is 10.4. The second kappa shape index (κ2) is 6.31. The molecule has 5 nitrogen and oxygen atoms in total. The van der Waals surface area contributed by atoms with Crippen molar-refractivity contribution in [1.82, 2.24) is 5.43 Å². The lowest BCUT2D eigenvalue weighted by Crippen LogP contribution is -2.52. The van der Waals surface area contributed by atoms with Gasteiger partial charge in [0, 0.05) is 26.7 Å². The predicted octanol–water partition coefficient (Wildman–Crippen LogP) is -0.136. The van der Waals surface area contributed by atoms with Crippen molar-refractivity contribution in [1.29, 1.82) is 0 Å². The number of hydrogen-bond acceptors (Lipinski definition) is 5. The van der Waals surface area contributed by atoms with E-state index >= 15 is 0 Å². The smallest absolute Gasteiger partial charge is 0.173 e. The van der Waals surface area contributed by atoms with Crippen molar-refractivity contribution in [3.05, 3.63) is 0 Å². The molecule has 1 fully saturated rings. The van der Waals surface area contributed by atoms with E-state index in [0.717, 1.165) is 26.1 Å². The van der Waals surface area contributed by atoms with Gasteiger partial charge in [-0.15, -0.1) is 0 Å². The van der Waals surface area contributed by atoms with Crippen molar-refractivity contribution in [3.8, 4) is 0 Å². The first-order chi connectivity index (χ1) is 6.83. The third-order valence-electron chi connectivity index (χ3n) is 2.65. The van der Waals surface area contributed by atoms with E-state index < -0.39 is 0 Å². The van der Waals surface area contributed by atoms with Gasteiger partial charge in [0.15, 0.2) is 6.29 Å². The van der Waals surface area contributed by atoms with Crippen LogP contribution in [0.15, 0.2) is 0 Å². The van der Waals surface area contributed by atoms with E-state index in [2.05, 4.69) is 5.43 Å². The summed E-state index contributed by atoms with van der Waals surface area (Å²) in [5.41, 5.74) is 2.74. The number of methoxy groups -OCH3 is 2. The van der Waals surface area contributed by atoms with Crippen LogP contribution in [0.5, 0.6) is 0 Å². The molecule has 1 rings (SSSR count). The Bertz CT molecular complexity index is 147. The highest BCUT2D eigenvalue weighted by molar-refractivity contribution is 4.79. The molecular weight excluding hydrogens is 184 g/mol. The van der Waals surface area contributed by atoms with Crippen molar-refractivity contribution >= 4 is 0 Å². The lowest BCUT2D eigenvalue weighted by atomic mass is 9.93. The van der Waals surface area contributed by atoms with Crippen LogP contribution < -0.4 is 11.3 Å². The van der Waals surface area contributed by atoms with E-state index in [9.17, 15) is 0 Å². The molecule has 0 saturated carbocycles. The third kappa shape index (κ3) is 2.90. The van der Waals surface area contributed by atoms with Crippen LogP contribution in [0.25, 0.3) is 0 Å². The van der Waals surface area contributed by atoms with Gasteiger partial charge in [0.05, 0.1) is 12.6 Å². The summed E-state index contributed by atoms with van der Waals surface area (Å²) in [4.78, 5) is 0. The molecule has 0 aromatic carbocycles. The van der Waals surface area contributed by atoms with Gasteiger partial charge in [-0.25, -0.2) is 0 Å². The Hall–Kier alpha value is -0.200. The van der Waals surface area contributed by atoms with Crippen LogP contribution in [-0.2, 0) is 14.2 Å². The van der Waals surface area contributed by atoms with Crippen molar-refractivity contribution in [2.75, 3.05) is 27.4 Å². The maximum atomic E-state index is 5.49. The Kier molecular flexibility index (Phi) is 5.36. The molecule has 2 atom stereocenters. The molecule has 0 bridgehead atoms. The van der Waals surface area contributed by atoms with Crippen LogP contribution in [0.2, 0.25) is 0 Å². The molecule has 0 amide bonds. The van der Waals surface area contributed by atoms with Gasteiger partial charge in [-0.3, -0.25) is 11.3 Å². The SMILES string of the molecule is COC(OC)C(NN)C1CCCOC1. The average molecular weight is 204 g/mol. The largest absolute Gasteiger partial charge is 0.381 e. The summed E-state index contributed by atoms with van der Waals surface area (Å²) in [6.45, 7) is 1.57. The number of hydrazine groups is 1. The van der Waals surface area contributed by atoms with E-state index in [0.29, 0.717) is 5.92 Å². The Labute approximate surface area is 84.9 Å². The summed E-state index contributed by atoms with van der Waals surface area (Å²) in [5.74, 6) is 5.85. The minimum atomic E-state index is -0.313. The molecule has 5 heteroatoms. The fourth-order valence-corrected chi connectivity index (χ4v) is 1.88. The number of rotatable bonds is 5. The van der Waals surface area contributed by atoms with Crippen molar-refractivity contribution in [2.45, 2.75) is 25.2 Å². The summed E-state index contributed by atoms with van der Waals surface area (Å²) in [6.07, 6.45) is 1.85. The van der Waals surface area contributed by atoms with Crippen molar-refractivity contribution in [2.24, 2.45) is 11.8 Å². The molecule has 2 unspecified atom stereocenters. The second-order valence-electron chi connectivity index (χ2n) is 3.51. The predicted molar refractivity (Wildman–Crippen MR) is 52.5 cm³/mol. The van der Waals surface area contributed by atoms with Crippen molar-refractivity contribution in [3.63, 3.8) is 0 Å². The molecule has 0 spiro atoms. The average Bonchev–Trinajstić information content (AvgIpc) is 2.27. The number of ether oxygens (including phenoxy) is 3. The first-order valence-electron chi connectivity index (χ1n) is 4.93. The minimum Gasteiger partial charge on any atom is -0.381 e. The van der Waals surface area contributed by atoms with Crippen LogP contribution in [-0.4, -0.2) is 39.8 Å². The molecule has 0 aliphatic carbocycles. The van der Waals surface area contributed by atoms with Gasteiger partial charge in [0.2, 0.25) is 0 Å². The summed E-state index contributed by atoms with van der Waals surface area (Å²) in [7, 11) is 3.23. The molecule has 3 N–H and O–H groups in total. The third-order valence-corrected chi connectivity index (χ3v) is 2.65. The molecule has 14 heavy (non-hydrogen) atoms. The molecule has 1 aliphatic rings. The lowest BCUT2D eigenvalue weighted by Gasteiger charge is -2.33. The first kappa shape index (κ1) is 11.9. The molecule has 0 aromatic rings. The Balaban J connectivity index is 2.49. The minimum absolute atomic E-state index is 0.00898. The quantitative estimate of drug-likeness (QED) is 0.371. The van der Waals surface area contributed by atoms with E-state index in [4.69, 9.17) is 20.1 Å². The molecule has 84 valence electrons. The first-order valence-corrected chi connectivity index (χ1v) is 4.93. The monoisotopic (exact) mass is 204 g/mol. The fraction of sp³-hybridized carbons (Fsp3) is 1.00. The van der Waals surface area contributed by atoms with Gasteiger partial charge < -0.3 is 14.2 Å². The van der Waals surface area contributed by atoms with E-state index in [-0.39, 0.29) is 12.3 Å². The van der Waals surface area contributed by atoms with Crippen LogP contribution in [0.4, 0.5) is 0 Å². The Morgan fingerprint density at radius 3 is 2.57 bits per heavy atom. The van der Waals surface area contributed by atoms with Gasteiger partial charge in [0.1, 0.15) is 0 Å². The molecule has 1 heterocycles. The van der Waals surface area contributed by atoms with Crippen LogP contribution in [0.3, 0.4) is 0 Å². The van der Waals surface area contributed by atoms with Gasteiger partial charge in [-0.2, -0.15) is 0 Å². The molecular formula is C9H20N2O3. The standard InChI is InChI=1S/C9H20N2O3/c1-12-9(13-2)8(11-10)7-4-3-5-14-6-7/h7-9,11H,3-6,10H2,1-2H3. The summed E-state index contributed by atoms with van der Waals surface area (Å²) >= 11 is 0. The summed E-state index contributed by atoms with van der Waals surface area (Å²) < 4.78 is 15.8. The summed E-state index contributed by atoms with van der Waals surface area (Å²) in [6, 6.07) is -0.00898. The van der Waals surface area contributed by atoms with E-state index in [1.807, 2.05) is 0 Å². The molecule has 0 aromatic heterocycles. The maximum absolute atomic E-state index is 5.49. The number of nitrogens with two attached hydrogens (primary N) is 1. The van der Waals surface area contributed by atoms with Crippen LogP contribution in [0, 0.1) is 5.92 Å². The molecule has 1 saturated heterocycles. The van der Waals surface area contributed by atoms with Crippen LogP contribution in [0.1, 0.15) is 12.8 Å². The van der Waals surface area contributed by atoms with Crippen LogP contribution >= 0.6 is 0 Å². The maximum Gasteiger partial charge on any atom is 0.173 e. The zero-order valence-electron chi connectivity index (χ0n) is 8.86.